The van der Waals surface area contributed by atoms with Gasteiger partial charge >= 0.3 is 0 Å². The summed E-state index contributed by atoms with van der Waals surface area (Å²) in [6.45, 7) is 5.67. The Kier molecular flexibility index (Phi) is 2.95. The van der Waals surface area contributed by atoms with Gasteiger partial charge in [0.1, 0.15) is 5.76 Å². The van der Waals surface area contributed by atoms with Crippen LogP contribution in [0.4, 0.5) is 0 Å². The zero-order chi connectivity index (χ0) is 11.5. The highest BCUT2D eigenvalue weighted by atomic mass is 16.3. The third kappa shape index (κ3) is 2.25. The molecule has 0 radical (unpaired) electrons. The maximum absolute atomic E-state index is 9.25. The van der Waals surface area contributed by atoms with Crippen LogP contribution in [0.25, 0.3) is 11.3 Å². The fraction of sp³-hybridized carbons (Fsp3) is 0.200. The Morgan fingerprint density at radius 3 is 2.50 bits per heavy atom. The van der Waals surface area contributed by atoms with Crippen molar-refractivity contribution in [2.24, 2.45) is 0 Å². The van der Waals surface area contributed by atoms with Gasteiger partial charge in [-0.1, -0.05) is 48.6 Å². The lowest BCUT2D eigenvalue weighted by molar-refractivity contribution is 0.514. The first kappa shape index (κ1) is 10.7. The van der Waals surface area contributed by atoms with Crippen LogP contribution >= 0.6 is 0 Å². The molecule has 1 aromatic carbocycles. The van der Waals surface area contributed by atoms with Crippen LogP contribution in [-0.2, 0) is 0 Å². The highest BCUT2D eigenvalue weighted by Gasteiger charge is 2.04. The molecule has 0 fully saturated rings. The molecule has 1 aliphatic carbocycles. The van der Waals surface area contributed by atoms with E-state index in [4.69, 9.17) is 0 Å². The molecule has 1 nitrogen and oxygen atoms in total. The molecule has 16 heavy (non-hydrogen) atoms. The minimum Gasteiger partial charge on any atom is -0.508 e. The summed E-state index contributed by atoms with van der Waals surface area (Å²) in [5.74, 6) is 0.121. The van der Waals surface area contributed by atoms with Gasteiger partial charge in [-0.3, -0.25) is 0 Å². The fourth-order valence-electron chi connectivity index (χ4n) is 1.91. The minimum atomic E-state index is 0.121. The second-order valence-electron chi connectivity index (χ2n) is 4.21. The molecular weight excluding hydrogens is 196 g/mol. The number of hydrogen-bond donors (Lipinski definition) is 1. The van der Waals surface area contributed by atoms with Crippen molar-refractivity contribution in [3.05, 3.63) is 59.7 Å². The van der Waals surface area contributed by atoms with Crippen molar-refractivity contribution in [2.45, 2.75) is 19.8 Å². The monoisotopic (exact) mass is 212 g/mol. The Morgan fingerprint density at radius 2 is 1.94 bits per heavy atom. The van der Waals surface area contributed by atoms with Crippen LogP contribution in [0.5, 0.6) is 0 Å². The quantitative estimate of drug-likeness (QED) is 0.723. The van der Waals surface area contributed by atoms with Gasteiger partial charge in [0.25, 0.3) is 0 Å². The van der Waals surface area contributed by atoms with Crippen molar-refractivity contribution in [2.75, 3.05) is 0 Å². The molecule has 0 atom stereocenters. The van der Waals surface area contributed by atoms with Crippen molar-refractivity contribution in [3.63, 3.8) is 0 Å². The van der Waals surface area contributed by atoms with Gasteiger partial charge in [-0.25, -0.2) is 0 Å². The highest BCUT2D eigenvalue weighted by Crippen LogP contribution is 2.25. The zero-order valence-electron chi connectivity index (χ0n) is 9.53. The fourth-order valence-corrected chi connectivity index (χ4v) is 1.91. The first-order valence-electron chi connectivity index (χ1n) is 5.53. The topological polar surface area (TPSA) is 20.2 Å². The van der Waals surface area contributed by atoms with Crippen LogP contribution in [0.1, 0.15) is 30.9 Å². The number of aliphatic hydroxyl groups is 1. The zero-order valence-corrected chi connectivity index (χ0v) is 9.53. The molecule has 1 aliphatic rings. The predicted octanol–water partition coefficient (Wildman–Crippen LogP) is 4.34. The molecular formula is C15H16O. The van der Waals surface area contributed by atoms with Crippen molar-refractivity contribution < 1.29 is 5.11 Å². The van der Waals surface area contributed by atoms with E-state index in [-0.39, 0.29) is 5.76 Å². The molecule has 0 heterocycles. The molecule has 82 valence electrons. The standard InChI is InChI=1S/C15H16O/c1-11-4-3-5-15(10-11)14-8-6-13(7-9-14)12(2)16/h5-10,16H,2-4H2,1H3. The van der Waals surface area contributed by atoms with Gasteiger partial charge in [-0.05, 0) is 30.9 Å². The van der Waals surface area contributed by atoms with Gasteiger partial charge in [0.05, 0.1) is 0 Å². The van der Waals surface area contributed by atoms with Gasteiger partial charge in [0.2, 0.25) is 0 Å². The third-order valence-corrected chi connectivity index (χ3v) is 2.86. The Morgan fingerprint density at radius 1 is 1.25 bits per heavy atom. The van der Waals surface area contributed by atoms with Crippen LogP contribution in [0, 0.1) is 0 Å². The lowest BCUT2D eigenvalue weighted by atomic mass is 9.95. The molecule has 2 rings (SSSR count). The molecule has 1 N–H and O–H groups in total. The van der Waals surface area contributed by atoms with E-state index < -0.39 is 0 Å². The van der Waals surface area contributed by atoms with E-state index in [1.165, 1.54) is 16.7 Å². The number of allylic oxidation sites excluding steroid dienone is 4. The van der Waals surface area contributed by atoms with Crippen LogP contribution < -0.4 is 0 Å². The Bertz CT molecular complexity index is 461. The Labute approximate surface area is 96.4 Å². The summed E-state index contributed by atoms with van der Waals surface area (Å²) in [4.78, 5) is 0. The van der Waals surface area contributed by atoms with Gasteiger partial charge in [0.15, 0.2) is 0 Å². The highest BCUT2D eigenvalue weighted by molar-refractivity contribution is 5.76. The summed E-state index contributed by atoms with van der Waals surface area (Å²) in [6, 6.07) is 7.85. The average Bonchev–Trinajstić information content (AvgIpc) is 2.29. The van der Waals surface area contributed by atoms with Crippen molar-refractivity contribution >= 4 is 11.3 Å². The van der Waals surface area contributed by atoms with E-state index in [1.807, 2.05) is 24.3 Å². The molecule has 0 spiro atoms. The molecule has 1 aromatic rings. The number of hydrogen-bond acceptors (Lipinski definition) is 1. The van der Waals surface area contributed by atoms with E-state index >= 15 is 0 Å². The lowest BCUT2D eigenvalue weighted by Gasteiger charge is -2.11. The summed E-state index contributed by atoms with van der Waals surface area (Å²) >= 11 is 0. The van der Waals surface area contributed by atoms with Gasteiger partial charge in [0, 0.05) is 5.56 Å². The van der Waals surface area contributed by atoms with E-state index in [1.54, 1.807) is 0 Å². The van der Waals surface area contributed by atoms with Crippen molar-refractivity contribution in [1.82, 2.24) is 0 Å². The van der Waals surface area contributed by atoms with E-state index in [9.17, 15) is 5.11 Å². The predicted molar refractivity (Wildman–Crippen MR) is 69.1 cm³/mol. The van der Waals surface area contributed by atoms with E-state index in [0.29, 0.717) is 0 Å². The molecule has 0 saturated heterocycles. The number of aliphatic hydroxyl groups excluding tert-OH is 1. The van der Waals surface area contributed by atoms with Gasteiger partial charge in [-0.15, -0.1) is 0 Å². The van der Waals surface area contributed by atoms with E-state index in [2.05, 4.69) is 25.7 Å². The van der Waals surface area contributed by atoms with Crippen molar-refractivity contribution in [3.8, 4) is 0 Å². The van der Waals surface area contributed by atoms with Gasteiger partial charge in [-0.2, -0.15) is 0 Å². The average molecular weight is 212 g/mol. The van der Waals surface area contributed by atoms with Crippen LogP contribution in [0.2, 0.25) is 0 Å². The summed E-state index contributed by atoms with van der Waals surface area (Å²) in [5.41, 5.74) is 4.68. The Hall–Kier alpha value is -1.76. The summed E-state index contributed by atoms with van der Waals surface area (Å²) in [5, 5.41) is 9.25. The SMILES string of the molecule is C=C(O)c1ccc(C2=CCCC(C)=C2)cc1. The van der Waals surface area contributed by atoms with Crippen molar-refractivity contribution in [1.29, 1.82) is 0 Å². The summed E-state index contributed by atoms with van der Waals surface area (Å²) in [7, 11) is 0. The maximum atomic E-state index is 9.25. The normalized spacial score (nSPS) is 15.3. The first-order chi connectivity index (χ1) is 7.66. The second kappa shape index (κ2) is 4.40. The second-order valence-corrected chi connectivity index (χ2v) is 4.21. The molecule has 0 bridgehead atoms. The Balaban J connectivity index is 2.29. The van der Waals surface area contributed by atoms with Crippen LogP contribution in [0.3, 0.4) is 0 Å². The minimum absolute atomic E-state index is 0.121. The summed E-state index contributed by atoms with van der Waals surface area (Å²) in [6.07, 6.45) is 6.77. The van der Waals surface area contributed by atoms with Gasteiger partial charge < -0.3 is 5.11 Å². The first-order valence-corrected chi connectivity index (χ1v) is 5.53. The molecule has 0 saturated carbocycles. The molecule has 0 aliphatic heterocycles. The molecule has 1 heteroatoms. The third-order valence-electron chi connectivity index (χ3n) is 2.86. The summed E-state index contributed by atoms with van der Waals surface area (Å²) < 4.78 is 0. The largest absolute Gasteiger partial charge is 0.508 e. The van der Waals surface area contributed by atoms with Crippen LogP contribution in [-0.4, -0.2) is 5.11 Å². The smallest absolute Gasteiger partial charge is 0.115 e. The molecule has 0 amide bonds. The molecule has 0 aromatic heterocycles. The van der Waals surface area contributed by atoms with E-state index in [0.717, 1.165) is 18.4 Å². The number of rotatable bonds is 2. The lowest BCUT2D eigenvalue weighted by Crippen LogP contribution is -1.90. The maximum Gasteiger partial charge on any atom is 0.115 e. The number of benzene rings is 1. The van der Waals surface area contributed by atoms with Crippen LogP contribution in [0.15, 0.2) is 48.6 Å². The molecule has 0 unspecified atom stereocenters.